The molecule has 0 aromatic carbocycles. The molecule has 0 saturated carbocycles. The zero-order valence-corrected chi connectivity index (χ0v) is 10.9. The monoisotopic (exact) mass is 199 g/mol. The van der Waals surface area contributed by atoms with Crippen molar-refractivity contribution in [1.82, 2.24) is 0 Å². The van der Waals surface area contributed by atoms with Crippen molar-refractivity contribution in [3.63, 3.8) is 0 Å². The maximum Gasteiger partial charge on any atom is 0.307 e. The van der Waals surface area contributed by atoms with E-state index in [1.165, 1.54) is 57.4 Å². The van der Waals surface area contributed by atoms with E-state index in [0.717, 1.165) is 0 Å². The maximum atomic E-state index is 2.42. The molecule has 0 saturated heterocycles. The highest BCUT2D eigenvalue weighted by Gasteiger charge is 2.08. The fourth-order valence-corrected chi connectivity index (χ4v) is 2.57. The first-order valence-corrected chi connectivity index (χ1v) is 8.77. The molecule has 1 heteroatoms. The molecule has 0 aromatic heterocycles. The van der Waals surface area contributed by atoms with Crippen molar-refractivity contribution in [2.24, 2.45) is 0 Å². The Morgan fingerprint density at radius 1 is 0.692 bits per heavy atom. The molecule has 0 amide bonds. The predicted molar refractivity (Wildman–Crippen MR) is 64.9 cm³/mol. The standard InChI is InChI=1S/C12H27Si/c1-4-5-6-7-8-9-10-11-12-13(2)3/h4-12H2,1-3H3/q+1. The van der Waals surface area contributed by atoms with Gasteiger partial charge in [0.25, 0.3) is 0 Å². The van der Waals surface area contributed by atoms with Crippen LogP contribution in [0.25, 0.3) is 0 Å². The Bertz CT molecular complexity index is 89.1. The highest BCUT2D eigenvalue weighted by Crippen LogP contribution is 2.10. The Morgan fingerprint density at radius 2 is 1.15 bits per heavy atom. The first-order valence-electron chi connectivity index (χ1n) is 6.06. The molecule has 0 aliphatic heterocycles. The lowest BCUT2D eigenvalue weighted by Gasteiger charge is -1.99. The zero-order chi connectivity index (χ0) is 9.94. The van der Waals surface area contributed by atoms with E-state index in [2.05, 4.69) is 20.0 Å². The molecular weight excluding hydrogens is 172 g/mol. The molecule has 0 N–H and O–H groups in total. The lowest BCUT2D eigenvalue weighted by Crippen LogP contribution is -1.97. The van der Waals surface area contributed by atoms with Crippen LogP contribution in [0.3, 0.4) is 0 Å². The molecule has 0 fully saturated rings. The van der Waals surface area contributed by atoms with Crippen LogP contribution in [0.5, 0.6) is 0 Å². The van der Waals surface area contributed by atoms with Crippen LogP contribution in [0.15, 0.2) is 0 Å². The van der Waals surface area contributed by atoms with Crippen molar-refractivity contribution >= 4 is 8.80 Å². The molecule has 0 heterocycles. The Labute approximate surface area is 86.7 Å². The lowest BCUT2D eigenvalue weighted by molar-refractivity contribution is 0.584. The van der Waals surface area contributed by atoms with Gasteiger partial charge in [0, 0.05) is 0 Å². The van der Waals surface area contributed by atoms with Gasteiger partial charge in [0.05, 0.1) is 19.1 Å². The van der Waals surface area contributed by atoms with Gasteiger partial charge in [0.1, 0.15) is 0 Å². The van der Waals surface area contributed by atoms with E-state index in [0.29, 0.717) is 0 Å². The molecule has 0 aliphatic carbocycles. The lowest BCUT2D eigenvalue weighted by atomic mass is 10.1. The minimum Gasteiger partial charge on any atom is -0.0654 e. The molecule has 13 heavy (non-hydrogen) atoms. The summed E-state index contributed by atoms with van der Waals surface area (Å²) in [5.74, 6) is 0. The number of hydrogen-bond donors (Lipinski definition) is 0. The van der Waals surface area contributed by atoms with Gasteiger partial charge in [-0.1, -0.05) is 51.9 Å². The Hall–Kier alpha value is 0.217. The van der Waals surface area contributed by atoms with E-state index in [9.17, 15) is 0 Å². The van der Waals surface area contributed by atoms with Gasteiger partial charge < -0.3 is 0 Å². The quantitative estimate of drug-likeness (QED) is 0.367. The maximum absolute atomic E-state index is 2.42. The summed E-state index contributed by atoms with van der Waals surface area (Å²) in [4.78, 5) is 0. The van der Waals surface area contributed by atoms with E-state index in [4.69, 9.17) is 0 Å². The minimum atomic E-state index is 0.0644. The minimum absolute atomic E-state index is 0.0644. The van der Waals surface area contributed by atoms with Gasteiger partial charge in [-0.05, 0) is 6.42 Å². The second kappa shape index (κ2) is 10.3. The number of rotatable bonds is 9. The van der Waals surface area contributed by atoms with Crippen molar-refractivity contribution in [2.75, 3.05) is 0 Å². The van der Waals surface area contributed by atoms with Gasteiger partial charge in [-0.3, -0.25) is 0 Å². The summed E-state index contributed by atoms with van der Waals surface area (Å²) in [7, 11) is 0.0644. The van der Waals surface area contributed by atoms with Crippen LogP contribution in [-0.4, -0.2) is 8.80 Å². The highest BCUT2D eigenvalue weighted by atomic mass is 28.3. The molecule has 0 atom stereocenters. The van der Waals surface area contributed by atoms with Gasteiger partial charge in [0.15, 0.2) is 0 Å². The van der Waals surface area contributed by atoms with E-state index >= 15 is 0 Å². The van der Waals surface area contributed by atoms with Crippen molar-refractivity contribution in [3.05, 3.63) is 0 Å². The average molecular weight is 199 g/mol. The van der Waals surface area contributed by atoms with Crippen LogP contribution in [-0.2, 0) is 0 Å². The summed E-state index contributed by atoms with van der Waals surface area (Å²) in [6.07, 6.45) is 11.7. The first-order chi connectivity index (χ1) is 6.27. The normalized spacial score (nSPS) is 10.4. The zero-order valence-electron chi connectivity index (χ0n) is 9.86. The van der Waals surface area contributed by atoms with Gasteiger partial charge in [-0.25, -0.2) is 0 Å². The topological polar surface area (TPSA) is 0 Å². The molecule has 0 unspecified atom stereocenters. The summed E-state index contributed by atoms with van der Waals surface area (Å²) in [5, 5.41) is 0. The van der Waals surface area contributed by atoms with Crippen molar-refractivity contribution < 1.29 is 0 Å². The highest BCUT2D eigenvalue weighted by molar-refractivity contribution is 6.55. The summed E-state index contributed by atoms with van der Waals surface area (Å²) in [6, 6.07) is 1.53. The number of hydrogen-bond acceptors (Lipinski definition) is 0. The van der Waals surface area contributed by atoms with E-state index < -0.39 is 0 Å². The van der Waals surface area contributed by atoms with Gasteiger partial charge in [0.2, 0.25) is 0 Å². The third kappa shape index (κ3) is 12.2. The van der Waals surface area contributed by atoms with E-state index in [-0.39, 0.29) is 8.80 Å². The van der Waals surface area contributed by atoms with Crippen molar-refractivity contribution in [1.29, 1.82) is 0 Å². The van der Waals surface area contributed by atoms with Crippen molar-refractivity contribution in [3.8, 4) is 0 Å². The molecule has 0 radical (unpaired) electrons. The van der Waals surface area contributed by atoms with Gasteiger partial charge in [-0.2, -0.15) is 0 Å². The number of unbranched alkanes of at least 4 members (excludes halogenated alkanes) is 7. The fraction of sp³-hybridized carbons (Fsp3) is 1.00. The molecule has 0 spiro atoms. The summed E-state index contributed by atoms with van der Waals surface area (Å²) in [6.45, 7) is 7.13. The molecule has 0 aliphatic rings. The molecule has 0 rings (SSSR count). The van der Waals surface area contributed by atoms with Crippen molar-refractivity contribution in [2.45, 2.75) is 77.4 Å². The molecule has 0 nitrogen and oxygen atoms in total. The van der Waals surface area contributed by atoms with Crippen LogP contribution >= 0.6 is 0 Å². The molecule has 0 aromatic rings. The van der Waals surface area contributed by atoms with Gasteiger partial charge in [-0.15, -0.1) is 0 Å². The Morgan fingerprint density at radius 3 is 1.62 bits per heavy atom. The Kier molecular flexibility index (Phi) is 10.5. The summed E-state index contributed by atoms with van der Waals surface area (Å²) < 4.78 is 0. The predicted octanol–water partition coefficient (Wildman–Crippen LogP) is 4.88. The van der Waals surface area contributed by atoms with Gasteiger partial charge >= 0.3 is 8.80 Å². The fourth-order valence-electron chi connectivity index (χ4n) is 1.61. The summed E-state index contributed by atoms with van der Waals surface area (Å²) in [5.41, 5.74) is 0. The van der Waals surface area contributed by atoms with Crippen LogP contribution in [0.2, 0.25) is 19.1 Å². The summed E-state index contributed by atoms with van der Waals surface area (Å²) >= 11 is 0. The van der Waals surface area contributed by atoms with E-state index in [1.807, 2.05) is 0 Å². The van der Waals surface area contributed by atoms with Crippen LogP contribution < -0.4 is 0 Å². The first kappa shape index (κ1) is 13.2. The third-order valence-electron chi connectivity index (χ3n) is 2.53. The van der Waals surface area contributed by atoms with Crippen LogP contribution in [0.1, 0.15) is 58.3 Å². The van der Waals surface area contributed by atoms with Crippen LogP contribution in [0.4, 0.5) is 0 Å². The van der Waals surface area contributed by atoms with Crippen LogP contribution in [0, 0.1) is 0 Å². The molecule has 0 bridgehead atoms. The third-order valence-corrected chi connectivity index (χ3v) is 3.88. The Balaban J connectivity index is 2.84. The SMILES string of the molecule is CCCCCCCCCC[Si+](C)C. The van der Waals surface area contributed by atoms with E-state index in [1.54, 1.807) is 0 Å². The molecule has 78 valence electrons. The molecular formula is C12H27Si+. The average Bonchev–Trinajstić information content (AvgIpc) is 2.09. The smallest absolute Gasteiger partial charge is 0.0654 e. The second-order valence-electron chi connectivity index (χ2n) is 4.43. The largest absolute Gasteiger partial charge is 0.307 e. The second-order valence-corrected chi connectivity index (χ2v) is 7.35.